The normalized spacial score (nSPS) is 11.2. The minimum atomic E-state index is 0.163. The Morgan fingerprint density at radius 1 is 0.920 bits per heavy atom. The van der Waals surface area contributed by atoms with Gasteiger partial charge in [0, 0.05) is 29.3 Å². The molecule has 0 aliphatic rings. The van der Waals surface area contributed by atoms with Gasteiger partial charge in [-0.15, -0.1) is 5.11 Å². The Balaban J connectivity index is 2.13. The van der Waals surface area contributed by atoms with E-state index < -0.39 is 0 Å². The molecule has 4 nitrogen and oxygen atoms in total. The van der Waals surface area contributed by atoms with Crippen LogP contribution in [-0.2, 0) is 0 Å². The van der Waals surface area contributed by atoms with Gasteiger partial charge in [0.1, 0.15) is 11.4 Å². The summed E-state index contributed by atoms with van der Waals surface area (Å²) in [5.74, 6) is 0.163. The molecule has 0 aliphatic heterocycles. The fraction of sp³-hybridized carbons (Fsp3) is 0.400. The second-order valence-electron chi connectivity index (χ2n) is 6.04. The van der Waals surface area contributed by atoms with Gasteiger partial charge in [0.2, 0.25) is 0 Å². The summed E-state index contributed by atoms with van der Waals surface area (Å²) < 4.78 is 0.998. The molecule has 2 aromatic carbocycles. The zero-order valence-electron chi connectivity index (χ0n) is 15.0. The zero-order valence-corrected chi connectivity index (χ0v) is 16.5. The summed E-state index contributed by atoms with van der Waals surface area (Å²) in [6, 6.07) is 13.2. The number of halogens is 1. The maximum atomic E-state index is 10.3. The van der Waals surface area contributed by atoms with Crippen molar-refractivity contribution in [2.75, 3.05) is 18.0 Å². The van der Waals surface area contributed by atoms with Gasteiger partial charge in [-0.05, 0) is 49.2 Å². The molecule has 0 amide bonds. The highest BCUT2D eigenvalue weighted by atomic mass is 79.9. The number of rotatable bonds is 9. The minimum Gasteiger partial charge on any atom is -0.506 e. The van der Waals surface area contributed by atoms with E-state index in [2.05, 4.69) is 44.9 Å². The summed E-state index contributed by atoms with van der Waals surface area (Å²) in [6.07, 6.45) is 4.62. The molecule has 0 bridgehead atoms. The van der Waals surface area contributed by atoms with Gasteiger partial charge in [-0.1, -0.05) is 42.6 Å². The van der Waals surface area contributed by atoms with Crippen molar-refractivity contribution in [3.05, 3.63) is 46.9 Å². The lowest BCUT2D eigenvalue weighted by molar-refractivity contribution is 0.476. The average molecular weight is 404 g/mol. The Hall–Kier alpha value is -1.88. The largest absolute Gasteiger partial charge is 0.506 e. The molecule has 0 heterocycles. The second-order valence-corrected chi connectivity index (χ2v) is 6.96. The number of phenols is 1. The summed E-state index contributed by atoms with van der Waals surface area (Å²) in [4.78, 5) is 2.34. The van der Waals surface area contributed by atoms with Crippen molar-refractivity contribution in [3.8, 4) is 5.75 Å². The number of anilines is 1. The summed E-state index contributed by atoms with van der Waals surface area (Å²) >= 11 is 3.39. The number of aromatic hydroxyl groups is 1. The van der Waals surface area contributed by atoms with Crippen molar-refractivity contribution >= 4 is 33.0 Å². The Bertz CT molecular complexity index is 678. The summed E-state index contributed by atoms with van der Waals surface area (Å²) in [5, 5.41) is 18.7. The molecule has 0 aromatic heterocycles. The number of azo groups is 1. The molecule has 0 unspecified atom stereocenters. The minimum absolute atomic E-state index is 0.163. The van der Waals surface area contributed by atoms with E-state index in [0.717, 1.165) is 54.6 Å². The molecule has 0 aliphatic carbocycles. The monoisotopic (exact) mass is 403 g/mol. The van der Waals surface area contributed by atoms with Crippen LogP contribution in [0.2, 0.25) is 0 Å². The first-order valence-electron chi connectivity index (χ1n) is 8.89. The zero-order chi connectivity index (χ0) is 18.1. The van der Waals surface area contributed by atoms with Crippen LogP contribution in [0.1, 0.15) is 39.5 Å². The molecule has 0 fully saturated rings. The molecule has 25 heavy (non-hydrogen) atoms. The fourth-order valence-electron chi connectivity index (χ4n) is 2.48. The predicted octanol–water partition coefficient (Wildman–Crippen LogP) is 6.98. The van der Waals surface area contributed by atoms with Crippen LogP contribution in [0.3, 0.4) is 0 Å². The van der Waals surface area contributed by atoms with Gasteiger partial charge in [-0.2, -0.15) is 5.11 Å². The second kappa shape index (κ2) is 10.2. The number of hydrogen-bond donors (Lipinski definition) is 1. The number of nitrogens with zero attached hydrogens (tertiary/aromatic N) is 3. The molecule has 2 rings (SSSR count). The Morgan fingerprint density at radius 3 is 2.12 bits per heavy atom. The third-order valence-corrected chi connectivity index (χ3v) is 4.52. The van der Waals surface area contributed by atoms with Crippen LogP contribution in [0.25, 0.3) is 0 Å². The Kier molecular flexibility index (Phi) is 7.92. The van der Waals surface area contributed by atoms with Crippen molar-refractivity contribution in [3.63, 3.8) is 0 Å². The van der Waals surface area contributed by atoms with Crippen LogP contribution < -0.4 is 4.90 Å². The van der Waals surface area contributed by atoms with E-state index in [1.165, 1.54) is 0 Å². The highest BCUT2D eigenvalue weighted by Crippen LogP contribution is 2.32. The van der Waals surface area contributed by atoms with E-state index in [1.807, 2.05) is 36.4 Å². The van der Waals surface area contributed by atoms with Gasteiger partial charge in [0.15, 0.2) is 0 Å². The molecule has 0 spiro atoms. The highest BCUT2D eigenvalue weighted by Gasteiger charge is 2.09. The van der Waals surface area contributed by atoms with Gasteiger partial charge < -0.3 is 10.0 Å². The Labute approximate surface area is 158 Å². The van der Waals surface area contributed by atoms with Gasteiger partial charge >= 0.3 is 0 Å². The summed E-state index contributed by atoms with van der Waals surface area (Å²) in [6.45, 7) is 6.41. The molecule has 0 saturated heterocycles. The van der Waals surface area contributed by atoms with E-state index in [-0.39, 0.29) is 5.75 Å². The maximum Gasteiger partial charge on any atom is 0.145 e. The fourth-order valence-corrected chi connectivity index (χ4v) is 2.74. The highest BCUT2D eigenvalue weighted by molar-refractivity contribution is 9.10. The van der Waals surface area contributed by atoms with Crippen LogP contribution in [-0.4, -0.2) is 18.2 Å². The summed E-state index contributed by atoms with van der Waals surface area (Å²) in [5.41, 5.74) is 2.28. The predicted molar refractivity (Wildman–Crippen MR) is 108 cm³/mol. The lowest BCUT2D eigenvalue weighted by Gasteiger charge is -2.25. The van der Waals surface area contributed by atoms with Crippen molar-refractivity contribution in [2.45, 2.75) is 39.5 Å². The van der Waals surface area contributed by atoms with Gasteiger partial charge in [0.25, 0.3) is 0 Å². The van der Waals surface area contributed by atoms with Crippen LogP contribution in [0, 0.1) is 0 Å². The summed E-state index contributed by atoms with van der Waals surface area (Å²) in [7, 11) is 0. The number of unbranched alkanes of at least 4 members (excludes halogenated alkanes) is 2. The first-order valence-corrected chi connectivity index (χ1v) is 9.68. The molecular formula is C20H26BrN3O. The molecule has 5 heteroatoms. The van der Waals surface area contributed by atoms with E-state index in [4.69, 9.17) is 0 Å². The smallest absolute Gasteiger partial charge is 0.145 e. The lowest BCUT2D eigenvalue weighted by Crippen LogP contribution is -2.25. The van der Waals surface area contributed by atoms with Crippen molar-refractivity contribution in [1.82, 2.24) is 0 Å². The van der Waals surface area contributed by atoms with E-state index in [9.17, 15) is 5.11 Å². The quantitative estimate of drug-likeness (QED) is 0.459. The SMILES string of the molecule is CCCCN(CCCC)c1ccc(N=Nc2ccc(Br)cc2)c(O)c1. The topological polar surface area (TPSA) is 48.2 Å². The van der Waals surface area contributed by atoms with Crippen molar-refractivity contribution in [1.29, 1.82) is 0 Å². The van der Waals surface area contributed by atoms with Crippen LogP contribution >= 0.6 is 15.9 Å². The molecule has 134 valence electrons. The maximum absolute atomic E-state index is 10.3. The van der Waals surface area contributed by atoms with E-state index in [0.29, 0.717) is 5.69 Å². The van der Waals surface area contributed by atoms with Crippen molar-refractivity contribution in [2.24, 2.45) is 10.2 Å². The van der Waals surface area contributed by atoms with Gasteiger partial charge in [-0.25, -0.2) is 0 Å². The Morgan fingerprint density at radius 2 is 1.56 bits per heavy atom. The molecule has 0 radical (unpaired) electrons. The van der Waals surface area contributed by atoms with Crippen LogP contribution in [0.5, 0.6) is 5.75 Å². The first kappa shape index (κ1) is 19.4. The van der Waals surface area contributed by atoms with Gasteiger partial charge in [0.05, 0.1) is 5.69 Å². The molecule has 0 atom stereocenters. The van der Waals surface area contributed by atoms with Gasteiger partial charge in [-0.3, -0.25) is 0 Å². The van der Waals surface area contributed by atoms with Crippen LogP contribution in [0.15, 0.2) is 57.2 Å². The number of hydrogen-bond acceptors (Lipinski definition) is 4. The molecule has 0 saturated carbocycles. The van der Waals surface area contributed by atoms with Crippen molar-refractivity contribution < 1.29 is 5.11 Å². The third-order valence-electron chi connectivity index (χ3n) is 3.99. The van der Waals surface area contributed by atoms with E-state index >= 15 is 0 Å². The molecule has 2 aromatic rings. The van der Waals surface area contributed by atoms with Crippen LogP contribution in [0.4, 0.5) is 17.1 Å². The third kappa shape index (κ3) is 6.16. The number of benzene rings is 2. The lowest BCUT2D eigenvalue weighted by atomic mass is 10.2. The average Bonchev–Trinajstić information content (AvgIpc) is 2.62. The first-order chi connectivity index (χ1) is 12.1. The number of phenolic OH excluding ortho intramolecular Hbond substituents is 1. The van der Waals surface area contributed by atoms with E-state index in [1.54, 1.807) is 6.07 Å². The molecule has 1 N–H and O–H groups in total. The molecular weight excluding hydrogens is 378 g/mol. The standard InChI is InChI=1S/C20H26BrN3O/c1-3-5-13-24(14-6-4-2)18-11-12-19(20(25)15-18)23-22-17-9-7-16(21)8-10-17/h7-12,15,25H,3-6,13-14H2,1-2H3.